The van der Waals surface area contributed by atoms with Crippen LogP contribution >= 0.6 is 0 Å². The zero-order chi connectivity index (χ0) is 32.8. The molecule has 0 saturated heterocycles. The largest absolute Gasteiger partial charge is 0.553 e. The quantitative estimate of drug-likeness (QED) is 0.0406. The van der Waals surface area contributed by atoms with Gasteiger partial charge in [0, 0.05) is 7.11 Å². The molecule has 0 aromatic carbocycles. The summed E-state index contributed by atoms with van der Waals surface area (Å²) in [5, 5.41) is 9.03. The van der Waals surface area contributed by atoms with Crippen LogP contribution in [0.15, 0.2) is 0 Å². The molecule has 0 amide bonds. The summed E-state index contributed by atoms with van der Waals surface area (Å²) in [6.07, 6.45) is 45.4. The molecule has 44 heavy (non-hydrogen) atoms. The lowest BCUT2D eigenvalue weighted by Crippen LogP contribution is -2.41. The fraction of sp³-hybridized carbons (Fsp3) is 0.975. The Labute approximate surface area is 278 Å². The molecule has 266 valence electrons. The second-order valence-corrected chi connectivity index (χ2v) is 14.4. The van der Waals surface area contributed by atoms with E-state index in [9.17, 15) is 0 Å². The molecule has 0 rings (SSSR count). The van der Waals surface area contributed by atoms with Gasteiger partial charge in [-0.2, -0.15) is 0 Å². The molecule has 0 bridgehead atoms. The van der Waals surface area contributed by atoms with Crippen LogP contribution in [0.25, 0.3) is 0 Å². The van der Waals surface area contributed by atoms with Crippen molar-refractivity contribution >= 4 is 6.16 Å². The Kier molecular flexibility index (Phi) is 39.6. The van der Waals surface area contributed by atoms with E-state index in [1.807, 2.05) is 0 Å². The third-order valence-electron chi connectivity index (χ3n) is 9.40. The molecule has 0 aromatic rings. The molecule has 0 fully saturated rings. The van der Waals surface area contributed by atoms with E-state index in [0.29, 0.717) is 0 Å². The average Bonchev–Trinajstić information content (AvgIpc) is 3.00. The maximum absolute atomic E-state index is 9.03. The molecule has 0 atom stereocenters. The molecule has 0 aliphatic heterocycles. The van der Waals surface area contributed by atoms with Gasteiger partial charge in [-0.05, 0) is 25.7 Å². The van der Waals surface area contributed by atoms with Gasteiger partial charge in [0.25, 0.3) is 6.16 Å². The first-order valence-corrected chi connectivity index (χ1v) is 20.0. The van der Waals surface area contributed by atoms with Crippen LogP contribution in [-0.2, 0) is 4.74 Å². The SMILES string of the molecule is CCCCCCCCCCCCCCCCCC[N+](C)(C)CCCCCCCCCCCCCCCCCC.COC(=O)[O-]. The number of unbranched alkanes of at least 4 members (excludes halogenated alkanes) is 30. The van der Waals surface area contributed by atoms with Crippen molar-refractivity contribution in [2.45, 2.75) is 219 Å². The van der Waals surface area contributed by atoms with Gasteiger partial charge in [-0.25, -0.2) is 0 Å². The van der Waals surface area contributed by atoms with Crippen molar-refractivity contribution in [3.05, 3.63) is 0 Å². The molecule has 0 aliphatic rings. The van der Waals surface area contributed by atoms with Crippen molar-refractivity contribution < 1.29 is 19.1 Å². The number of ether oxygens (including phenoxy) is 1. The van der Waals surface area contributed by atoms with Crippen LogP contribution in [0.4, 0.5) is 4.79 Å². The Morgan fingerprint density at radius 3 is 0.727 bits per heavy atom. The molecule has 4 heteroatoms. The number of nitrogens with zero attached hydrogens (tertiary/aromatic N) is 1. The Morgan fingerprint density at radius 2 is 0.568 bits per heavy atom. The summed E-state index contributed by atoms with van der Waals surface area (Å²) >= 11 is 0. The van der Waals surface area contributed by atoms with Gasteiger partial charge in [0.05, 0.1) is 27.2 Å². The van der Waals surface area contributed by atoms with Crippen LogP contribution in [0, 0.1) is 0 Å². The fourth-order valence-electron chi connectivity index (χ4n) is 6.29. The molecule has 0 spiro atoms. The highest BCUT2D eigenvalue weighted by molar-refractivity contribution is 5.53. The van der Waals surface area contributed by atoms with E-state index in [4.69, 9.17) is 9.90 Å². The third-order valence-corrected chi connectivity index (χ3v) is 9.40. The normalized spacial score (nSPS) is 11.4. The summed E-state index contributed by atoms with van der Waals surface area (Å²) in [7, 11) is 5.97. The predicted octanol–water partition coefficient (Wildman–Crippen LogP) is 12.6. The van der Waals surface area contributed by atoms with Gasteiger partial charge >= 0.3 is 0 Å². The summed E-state index contributed by atoms with van der Waals surface area (Å²) in [6.45, 7) is 7.39. The molecule has 0 aliphatic carbocycles. The standard InChI is InChI=1S/C38H80N.C2H4O3/c1-5-7-9-11-13-15-17-19-21-23-25-27-29-31-33-35-37-39(3,4)38-36-34-32-30-28-26-24-22-20-18-16-14-12-10-8-6-2;1-5-2(3)4/h5-38H2,1-4H3;1H3,(H,3,4)/q+1;/p-1. The van der Waals surface area contributed by atoms with Crippen LogP contribution in [0.1, 0.15) is 219 Å². The second-order valence-electron chi connectivity index (χ2n) is 14.4. The number of hydrogen-bond acceptors (Lipinski definition) is 3. The summed E-state index contributed by atoms with van der Waals surface area (Å²) in [5.41, 5.74) is 0. The number of carboxylic acid groups (broad SMARTS) is 1. The molecule has 4 nitrogen and oxygen atoms in total. The molecule has 0 unspecified atom stereocenters. The lowest BCUT2D eigenvalue weighted by Gasteiger charge is -2.30. The highest BCUT2D eigenvalue weighted by atomic mass is 16.6. The molecular formula is C40H83NO3. The molecule has 0 aromatic heterocycles. The topological polar surface area (TPSA) is 49.4 Å². The molecular weight excluding hydrogens is 542 g/mol. The molecule has 0 N–H and O–H groups in total. The van der Waals surface area contributed by atoms with Crippen molar-refractivity contribution in [1.82, 2.24) is 0 Å². The Balaban J connectivity index is 0. The number of carbonyl (C=O) groups excluding carboxylic acids is 1. The number of rotatable bonds is 34. The van der Waals surface area contributed by atoms with Crippen molar-refractivity contribution in [2.75, 3.05) is 34.3 Å². The first-order chi connectivity index (χ1) is 21.4. The lowest BCUT2D eigenvalue weighted by atomic mass is 10.0. The molecule has 0 radical (unpaired) electrons. The third kappa shape index (κ3) is 43.4. The van der Waals surface area contributed by atoms with Crippen LogP contribution in [-0.4, -0.2) is 44.9 Å². The van der Waals surface area contributed by atoms with Gasteiger partial charge in [-0.3, -0.25) is 0 Å². The van der Waals surface area contributed by atoms with Gasteiger partial charge in [0.1, 0.15) is 0 Å². The van der Waals surface area contributed by atoms with Crippen LogP contribution in [0.2, 0.25) is 0 Å². The first kappa shape index (κ1) is 45.4. The summed E-state index contributed by atoms with van der Waals surface area (Å²) < 4.78 is 4.80. The monoisotopic (exact) mass is 626 g/mol. The minimum Gasteiger partial charge on any atom is -0.553 e. The van der Waals surface area contributed by atoms with Crippen molar-refractivity contribution in [3.63, 3.8) is 0 Å². The van der Waals surface area contributed by atoms with Crippen LogP contribution in [0.5, 0.6) is 0 Å². The first-order valence-electron chi connectivity index (χ1n) is 20.0. The minimum atomic E-state index is -1.50. The van der Waals surface area contributed by atoms with Gasteiger partial charge in [-0.1, -0.05) is 194 Å². The van der Waals surface area contributed by atoms with Crippen molar-refractivity contribution in [3.8, 4) is 0 Å². The van der Waals surface area contributed by atoms with Gasteiger partial charge < -0.3 is 19.1 Å². The van der Waals surface area contributed by atoms with E-state index in [0.717, 1.165) is 7.11 Å². The molecule has 0 heterocycles. The van der Waals surface area contributed by atoms with E-state index >= 15 is 0 Å². The maximum Gasteiger partial charge on any atom is 0.251 e. The van der Waals surface area contributed by atoms with Crippen molar-refractivity contribution in [2.24, 2.45) is 0 Å². The highest BCUT2D eigenvalue weighted by Crippen LogP contribution is 2.16. The predicted molar refractivity (Wildman–Crippen MR) is 193 cm³/mol. The van der Waals surface area contributed by atoms with Crippen molar-refractivity contribution in [1.29, 1.82) is 0 Å². The zero-order valence-electron chi connectivity index (χ0n) is 31.2. The average molecular weight is 626 g/mol. The van der Waals surface area contributed by atoms with Gasteiger partial charge in [0.2, 0.25) is 0 Å². The summed E-state index contributed by atoms with van der Waals surface area (Å²) in [5.74, 6) is 0. The van der Waals surface area contributed by atoms with E-state index in [1.165, 1.54) is 223 Å². The van der Waals surface area contributed by atoms with E-state index in [-0.39, 0.29) is 0 Å². The van der Waals surface area contributed by atoms with E-state index in [2.05, 4.69) is 32.7 Å². The van der Waals surface area contributed by atoms with Gasteiger partial charge in [-0.15, -0.1) is 0 Å². The fourth-order valence-corrected chi connectivity index (χ4v) is 6.29. The Bertz CT molecular complexity index is 499. The van der Waals surface area contributed by atoms with Crippen LogP contribution in [0.3, 0.4) is 0 Å². The van der Waals surface area contributed by atoms with E-state index in [1.54, 1.807) is 0 Å². The smallest absolute Gasteiger partial charge is 0.251 e. The maximum atomic E-state index is 9.03. The number of methoxy groups -OCH3 is 1. The lowest BCUT2D eigenvalue weighted by molar-refractivity contribution is -0.890. The molecule has 0 saturated carbocycles. The Morgan fingerprint density at radius 1 is 0.409 bits per heavy atom. The van der Waals surface area contributed by atoms with Gasteiger partial charge in [0.15, 0.2) is 0 Å². The number of carbonyl (C=O) groups is 1. The number of quaternary nitrogens is 1. The summed E-state index contributed by atoms with van der Waals surface area (Å²) in [4.78, 5) is 9.03. The van der Waals surface area contributed by atoms with Crippen LogP contribution < -0.4 is 5.11 Å². The minimum absolute atomic E-state index is 1.04. The van der Waals surface area contributed by atoms with E-state index < -0.39 is 6.16 Å². The number of hydrogen-bond donors (Lipinski definition) is 0. The Hall–Kier alpha value is -0.770. The second kappa shape index (κ2) is 38.4. The zero-order valence-corrected chi connectivity index (χ0v) is 31.2. The highest BCUT2D eigenvalue weighted by Gasteiger charge is 2.13. The summed E-state index contributed by atoms with van der Waals surface area (Å²) in [6, 6.07) is 0.